The van der Waals surface area contributed by atoms with Crippen molar-refractivity contribution in [2.75, 3.05) is 27.3 Å². The normalized spacial score (nSPS) is 16.1. The summed E-state index contributed by atoms with van der Waals surface area (Å²) in [5, 5.41) is 0. The lowest BCUT2D eigenvalue weighted by Crippen LogP contribution is -2.41. The second-order valence-corrected chi connectivity index (χ2v) is 9.85. The largest absolute Gasteiger partial charge is 0.465 e. The maximum absolute atomic E-state index is 12.9. The second kappa shape index (κ2) is 10.4. The van der Waals surface area contributed by atoms with Crippen LogP contribution < -0.4 is 0 Å². The van der Waals surface area contributed by atoms with Crippen LogP contribution in [0.1, 0.15) is 78.3 Å². The molecule has 2 heterocycles. The van der Waals surface area contributed by atoms with Gasteiger partial charge in [0.15, 0.2) is 0 Å². The maximum Gasteiger partial charge on any atom is 0.410 e. The molecule has 186 valence electrons. The van der Waals surface area contributed by atoms with Crippen LogP contribution in [-0.2, 0) is 32.1 Å². The summed E-state index contributed by atoms with van der Waals surface area (Å²) < 4.78 is 15.0. The summed E-state index contributed by atoms with van der Waals surface area (Å²) in [6.07, 6.45) is 2.58. The number of benzene rings is 1. The molecule has 0 aromatic heterocycles. The number of esters is 2. The van der Waals surface area contributed by atoms with Gasteiger partial charge in [0.1, 0.15) is 5.60 Å². The van der Waals surface area contributed by atoms with Crippen LogP contribution in [0.4, 0.5) is 4.79 Å². The SMILES string of the molecule is COC(=O)c1cc2c(cc1C(=O)OC)CN(C(=O)CCC1CCN(C(=O)OC(C)(C)C)CC1)C2. The summed E-state index contributed by atoms with van der Waals surface area (Å²) in [5.41, 5.74) is 1.42. The Morgan fingerprint density at radius 1 is 0.882 bits per heavy atom. The fraction of sp³-hybridized carbons (Fsp3) is 0.600. The number of rotatable bonds is 5. The Kier molecular flexibility index (Phi) is 7.84. The average Bonchev–Trinajstić information content (AvgIpc) is 3.23. The molecule has 2 aliphatic rings. The van der Waals surface area contributed by atoms with E-state index in [0.29, 0.717) is 38.5 Å². The highest BCUT2D eigenvalue weighted by molar-refractivity contribution is 6.03. The molecule has 2 aliphatic heterocycles. The number of methoxy groups -OCH3 is 2. The number of hydrogen-bond acceptors (Lipinski definition) is 7. The van der Waals surface area contributed by atoms with Gasteiger partial charge in [0, 0.05) is 32.6 Å². The van der Waals surface area contributed by atoms with Crippen molar-refractivity contribution in [2.24, 2.45) is 5.92 Å². The molecule has 2 amide bonds. The minimum atomic E-state index is -0.620. The number of piperidine rings is 1. The molecule has 0 atom stereocenters. The minimum Gasteiger partial charge on any atom is -0.465 e. The fourth-order valence-electron chi connectivity index (χ4n) is 4.40. The number of carbonyl (C=O) groups excluding carboxylic acids is 4. The third-order valence-corrected chi connectivity index (χ3v) is 6.26. The van der Waals surface area contributed by atoms with Gasteiger partial charge in [-0.05, 0) is 69.2 Å². The van der Waals surface area contributed by atoms with Crippen LogP contribution in [0.2, 0.25) is 0 Å². The van der Waals surface area contributed by atoms with Gasteiger partial charge in [-0.1, -0.05) is 0 Å². The quantitative estimate of drug-likeness (QED) is 0.475. The maximum atomic E-state index is 12.9. The number of nitrogens with zero attached hydrogens (tertiary/aromatic N) is 2. The number of likely N-dealkylation sites (tertiary alicyclic amines) is 1. The van der Waals surface area contributed by atoms with Crippen molar-refractivity contribution in [2.45, 2.75) is 65.1 Å². The van der Waals surface area contributed by atoms with E-state index in [0.717, 1.165) is 30.4 Å². The van der Waals surface area contributed by atoms with Gasteiger partial charge in [-0.2, -0.15) is 0 Å². The van der Waals surface area contributed by atoms with Crippen LogP contribution in [0.5, 0.6) is 0 Å². The van der Waals surface area contributed by atoms with E-state index in [-0.39, 0.29) is 23.1 Å². The van der Waals surface area contributed by atoms with Gasteiger partial charge in [0.05, 0.1) is 25.3 Å². The molecule has 34 heavy (non-hydrogen) atoms. The topological polar surface area (TPSA) is 102 Å². The minimum absolute atomic E-state index is 0.0324. The molecule has 3 rings (SSSR count). The first kappa shape index (κ1) is 25.5. The van der Waals surface area contributed by atoms with E-state index >= 15 is 0 Å². The molecule has 1 fully saturated rings. The van der Waals surface area contributed by atoms with Crippen LogP contribution in [0, 0.1) is 5.92 Å². The smallest absolute Gasteiger partial charge is 0.410 e. The highest BCUT2D eigenvalue weighted by Crippen LogP contribution is 2.29. The van der Waals surface area contributed by atoms with Crippen LogP contribution in [0.15, 0.2) is 12.1 Å². The molecule has 9 nitrogen and oxygen atoms in total. The lowest BCUT2D eigenvalue weighted by atomic mass is 9.92. The van der Waals surface area contributed by atoms with Gasteiger partial charge >= 0.3 is 18.0 Å². The first-order valence-corrected chi connectivity index (χ1v) is 11.6. The Labute approximate surface area is 200 Å². The molecule has 0 aliphatic carbocycles. The van der Waals surface area contributed by atoms with Crippen molar-refractivity contribution in [1.82, 2.24) is 9.80 Å². The molecule has 1 aromatic rings. The molecule has 0 bridgehead atoms. The van der Waals surface area contributed by atoms with E-state index in [4.69, 9.17) is 14.2 Å². The summed E-state index contributed by atoms with van der Waals surface area (Å²) in [6.45, 7) is 7.60. The van der Waals surface area contributed by atoms with Gasteiger partial charge < -0.3 is 24.0 Å². The zero-order valence-electron chi connectivity index (χ0n) is 20.6. The molecule has 0 saturated carbocycles. The molecule has 0 radical (unpaired) electrons. The molecule has 0 N–H and O–H groups in total. The summed E-state index contributed by atoms with van der Waals surface area (Å²) >= 11 is 0. The fourth-order valence-corrected chi connectivity index (χ4v) is 4.40. The molecular formula is C25H34N2O7. The van der Waals surface area contributed by atoms with E-state index in [9.17, 15) is 19.2 Å². The molecule has 9 heteroatoms. The van der Waals surface area contributed by atoms with E-state index in [2.05, 4.69) is 0 Å². The number of carbonyl (C=O) groups is 4. The van der Waals surface area contributed by atoms with Gasteiger partial charge in [-0.15, -0.1) is 0 Å². The van der Waals surface area contributed by atoms with Crippen molar-refractivity contribution in [3.63, 3.8) is 0 Å². The zero-order chi connectivity index (χ0) is 25.0. The number of ether oxygens (including phenoxy) is 3. The highest BCUT2D eigenvalue weighted by Gasteiger charge is 2.30. The Balaban J connectivity index is 1.54. The van der Waals surface area contributed by atoms with Gasteiger partial charge in [0.2, 0.25) is 5.91 Å². The highest BCUT2D eigenvalue weighted by atomic mass is 16.6. The van der Waals surface area contributed by atoms with Crippen molar-refractivity contribution < 1.29 is 33.4 Å². The summed E-state index contributed by atoms with van der Waals surface area (Å²) in [7, 11) is 2.51. The summed E-state index contributed by atoms with van der Waals surface area (Å²) in [4.78, 5) is 52.9. The summed E-state index contributed by atoms with van der Waals surface area (Å²) in [6, 6.07) is 3.24. The van der Waals surface area contributed by atoms with Crippen molar-refractivity contribution >= 4 is 23.9 Å². The van der Waals surface area contributed by atoms with Crippen molar-refractivity contribution in [1.29, 1.82) is 0 Å². The molecule has 0 unspecified atom stereocenters. The second-order valence-electron chi connectivity index (χ2n) is 9.85. The Bertz CT molecular complexity index is 914. The standard InChI is InChI=1S/C25H34N2O7/c1-25(2,3)34-24(31)26-10-8-16(9-11-26)6-7-21(28)27-14-17-12-19(22(29)32-4)20(23(30)33-5)13-18(17)15-27/h12-13,16H,6-11,14-15H2,1-5H3. The van der Waals surface area contributed by atoms with E-state index in [1.807, 2.05) is 20.8 Å². The van der Waals surface area contributed by atoms with Crippen molar-refractivity contribution in [3.05, 3.63) is 34.4 Å². The Morgan fingerprint density at radius 3 is 1.82 bits per heavy atom. The van der Waals surface area contributed by atoms with Gasteiger partial charge in [0.25, 0.3) is 0 Å². The number of amides is 2. The zero-order valence-corrected chi connectivity index (χ0v) is 20.6. The Morgan fingerprint density at radius 2 is 1.38 bits per heavy atom. The van der Waals surface area contributed by atoms with Gasteiger partial charge in [-0.3, -0.25) is 4.79 Å². The van der Waals surface area contributed by atoms with Crippen LogP contribution in [-0.4, -0.2) is 66.6 Å². The predicted molar refractivity (Wildman–Crippen MR) is 123 cm³/mol. The van der Waals surface area contributed by atoms with Crippen LogP contribution in [0.3, 0.4) is 0 Å². The number of fused-ring (bicyclic) bond motifs is 1. The molecule has 1 saturated heterocycles. The third-order valence-electron chi connectivity index (χ3n) is 6.26. The van der Waals surface area contributed by atoms with Gasteiger partial charge in [-0.25, -0.2) is 14.4 Å². The lowest BCUT2D eigenvalue weighted by Gasteiger charge is -2.33. The monoisotopic (exact) mass is 474 g/mol. The predicted octanol–water partition coefficient (Wildman–Crippen LogP) is 3.53. The average molecular weight is 475 g/mol. The van der Waals surface area contributed by atoms with Crippen LogP contribution >= 0.6 is 0 Å². The third kappa shape index (κ3) is 6.07. The van der Waals surface area contributed by atoms with Crippen molar-refractivity contribution in [3.8, 4) is 0 Å². The van der Waals surface area contributed by atoms with Crippen LogP contribution in [0.25, 0.3) is 0 Å². The van der Waals surface area contributed by atoms with E-state index < -0.39 is 17.5 Å². The van der Waals surface area contributed by atoms with E-state index in [1.165, 1.54) is 14.2 Å². The molecular weight excluding hydrogens is 440 g/mol. The lowest BCUT2D eigenvalue weighted by molar-refractivity contribution is -0.132. The first-order valence-electron chi connectivity index (χ1n) is 11.6. The Hall–Kier alpha value is -3.10. The molecule has 1 aromatic carbocycles. The number of hydrogen-bond donors (Lipinski definition) is 0. The first-order chi connectivity index (χ1) is 16.0. The molecule has 0 spiro atoms. The van der Waals surface area contributed by atoms with E-state index in [1.54, 1.807) is 21.9 Å². The summed E-state index contributed by atoms with van der Waals surface area (Å²) in [5.74, 6) is -0.828.